The molecule has 0 fully saturated rings. The Morgan fingerprint density at radius 3 is 2.29 bits per heavy atom. The van der Waals surface area contributed by atoms with Crippen molar-refractivity contribution in [1.82, 2.24) is 0 Å². The van der Waals surface area contributed by atoms with Gasteiger partial charge >= 0.3 is 5.97 Å². The van der Waals surface area contributed by atoms with E-state index in [9.17, 15) is 14.4 Å². The van der Waals surface area contributed by atoms with Crippen LogP contribution in [0.3, 0.4) is 0 Å². The highest BCUT2D eigenvalue weighted by atomic mass is 16.5. The first-order chi connectivity index (χ1) is 18.5. The summed E-state index contributed by atoms with van der Waals surface area (Å²) in [5.41, 5.74) is 1.62. The second kappa shape index (κ2) is 10.3. The van der Waals surface area contributed by atoms with Crippen LogP contribution in [-0.2, 0) is 9.53 Å². The molecule has 8 nitrogen and oxygen atoms in total. The Labute approximate surface area is 217 Å². The van der Waals surface area contributed by atoms with Crippen LogP contribution in [0.25, 0.3) is 33.1 Å². The van der Waals surface area contributed by atoms with Crippen LogP contribution >= 0.6 is 0 Å². The topological polar surface area (TPSA) is 105 Å². The number of hydrogen-bond acceptors (Lipinski definition) is 8. The molecule has 2 aromatic heterocycles. The van der Waals surface area contributed by atoms with Crippen LogP contribution in [0.15, 0.2) is 91.6 Å². The fraction of sp³-hybridized carbons (Fsp3) is 0.167. The zero-order valence-electron chi connectivity index (χ0n) is 21.0. The number of carbonyl (C=O) groups is 1. The van der Waals surface area contributed by atoms with E-state index in [1.165, 1.54) is 26.7 Å². The predicted molar refractivity (Wildman–Crippen MR) is 142 cm³/mol. The largest absolute Gasteiger partial charge is 0.497 e. The van der Waals surface area contributed by atoms with Crippen LogP contribution in [0, 0.1) is 0 Å². The van der Waals surface area contributed by atoms with Crippen LogP contribution in [0.4, 0.5) is 0 Å². The van der Waals surface area contributed by atoms with Gasteiger partial charge in [-0.05, 0) is 42.0 Å². The molecule has 1 atom stereocenters. The lowest BCUT2D eigenvalue weighted by atomic mass is 9.86. The van der Waals surface area contributed by atoms with Gasteiger partial charge in [0.25, 0.3) is 0 Å². The molecule has 5 rings (SSSR count). The van der Waals surface area contributed by atoms with E-state index in [1.807, 2.05) is 0 Å². The predicted octanol–water partition coefficient (Wildman–Crippen LogP) is 5.28. The summed E-state index contributed by atoms with van der Waals surface area (Å²) in [6.07, 6.45) is 2.49. The van der Waals surface area contributed by atoms with Crippen molar-refractivity contribution >= 4 is 27.9 Å². The summed E-state index contributed by atoms with van der Waals surface area (Å²) < 4.78 is 27.6. The maximum atomic E-state index is 13.6. The summed E-state index contributed by atoms with van der Waals surface area (Å²) in [7, 11) is 4.30. The smallest absolute Gasteiger partial charge is 0.306 e. The van der Waals surface area contributed by atoms with Gasteiger partial charge in [-0.1, -0.05) is 24.3 Å². The highest BCUT2D eigenvalue weighted by Gasteiger charge is 2.30. The average molecular weight is 513 g/mol. The lowest BCUT2D eigenvalue weighted by molar-refractivity contribution is -0.140. The molecule has 0 saturated heterocycles. The minimum absolute atomic E-state index is 0.202. The Morgan fingerprint density at radius 1 is 0.816 bits per heavy atom. The molecule has 38 heavy (non-hydrogen) atoms. The van der Waals surface area contributed by atoms with E-state index >= 15 is 0 Å². The molecular weight excluding hydrogens is 488 g/mol. The van der Waals surface area contributed by atoms with Crippen molar-refractivity contribution in [3.63, 3.8) is 0 Å². The third kappa shape index (κ3) is 4.30. The van der Waals surface area contributed by atoms with Crippen LogP contribution in [-0.4, -0.2) is 27.3 Å². The first-order valence-corrected chi connectivity index (χ1v) is 11.8. The molecule has 0 radical (unpaired) electrons. The molecule has 5 aromatic rings. The number of hydrogen-bond donors (Lipinski definition) is 0. The van der Waals surface area contributed by atoms with Crippen LogP contribution in [0.2, 0.25) is 0 Å². The Morgan fingerprint density at radius 2 is 1.58 bits per heavy atom. The monoisotopic (exact) mass is 512 g/mol. The van der Waals surface area contributed by atoms with Gasteiger partial charge in [0.1, 0.15) is 28.9 Å². The molecule has 0 bridgehead atoms. The summed E-state index contributed by atoms with van der Waals surface area (Å²) in [4.78, 5) is 39.7. The van der Waals surface area contributed by atoms with E-state index < -0.39 is 11.9 Å². The molecule has 192 valence electrons. The molecule has 0 spiro atoms. The van der Waals surface area contributed by atoms with Gasteiger partial charge in [-0.2, -0.15) is 0 Å². The number of esters is 1. The van der Waals surface area contributed by atoms with E-state index in [-0.39, 0.29) is 33.8 Å². The number of carbonyl (C=O) groups excluding carboxylic acids is 1. The van der Waals surface area contributed by atoms with Crippen molar-refractivity contribution in [2.45, 2.75) is 12.3 Å². The van der Waals surface area contributed by atoms with Gasteiger partial charge in [0.05, 0.1) is 50.3 Å². The first kappa shape index (κ1) is 24.8. The molecule has 0 unspecified atom stereocenters. The highest BCUT2D eigenvalue weighted by Crippen LogP contribution is 2.39. The number of para-hydroxylation sites is 1. The third-order valence-electron chi connectivity index (χ3n) is 6.59. The van der Waals surface area contributed by atoms with E-state index in [0.717, 1.165) is 0 Å². The van der Waals surface area contributed by atoms with Crippen molar-refractivity contribution in [3.05, 3.63) is 105 Å². The lowest BCUT2D eigenvalue weighted by Crippen LogP contribution is -2.19. The van der Waals surface area contributed by atoms with Gasteiger partial charge in [-0.25, -0.2) is 0 Å². The molecule has 2 heterocycles. The first-order valence-electron chi connectivity index (χ1n) is 11.8. The summed E-state index contributed by atoms with van der Waals surface area (Å²) in [6.45, 7) is 0. The molecular formula is C30H24O8. The van der Waals surface area contributed by atoms with Gasteiger partial charge in [0.2, 0.25) is 5.43 Å². The molecule has 0 aliphatic carbocycles. The van der Waals surface area contributed by atoms with E-state index in [1.54, 1.807) is 67.8 Å². The zero-order chi connectivity index (χ0) is 26.8. The Kier molecular flexibility index (Phi) is 6.70. The molecule has 0 aliphatic heterocycles. The van der Waals surface area contributed by atoms with Crippen LogP contribution in [0.1, 0.15) is 23.5 Å². The summed E-state index contributed by atoms with van der Waals surface area (Å²) in [5, 5.41) is 0.636. The zero-order valence-corrected chi connectivity index (χ0v) is 21.0. The fourth-order valence-electron chi connectivity index (χ4n) is 4.63. The fourth-order valence-corrected chi connectivity index (χ4v) is 4.63. The normalized spacial score (nSPS) is 11.9. The van der Waals surface area contributed by atoms with Gasteiger partial charge in [0, 0.05) is 17.0 Å². The maximum Gasteiger partial charge on any atom is 0.306 e. The SMILES string of the molecule is COC(=O)C[C@H](c1coc2ccccc2c1=O)c1c(OC)ccc2c(=O)c(-c3ccc(OC)cc3)coc12. The van der Waals surface area contributed by atoms with Gasteiger partial charge in [-0.15, -0.1) is 0 Å². The summed E-state index contributed by atoms with van der Waals surface area (Å²) >= 11 is 0. The summed E-state index contributed by atoms with van der Waals surface area (Å²) in [5.74, 6) is -0.430. The molecule has 8 heteroatoms. The summed E-state index contributed by atoms with van der Waals surface area (Å²) in [6, 6.07) is 17.1. The second-order valence-corrected chi connectivity index (χ2v) is 8.61. The number of methoxy groups -OCH3 is 3. The molecule has 3 aromatic carbocycles. The number of ether oxygens (including phenoxy) is 3. The van der Waals surface area contributed by atoms with Crippen molar-refractivity contribution in [1.29, 1.82) is 0 Å². The molecule has 0 saturated carbocycles. The van der Waals surface area contributed by atoms with Gasteiger partial charge in [0.15, 0.2) is 5.43 Å². The van der Waals surface area contributed by atoms with Crippen molar-refractivity contribution in [3.8, 4) is 22.6 Å². The second-order valence-electron chi connectivity index (χ2n) is 8.61. The number of fused-ring (bicyclic) bond motifs is 2. The lowest BCUT2D eigenvalue weighted by Gasteiger charge is -2.20. The van der Waals surface area contributed by atoms with E-state index in [0.29, 0.717) is 39.2 Å². The minimum Gasteiger partial charge on any atom is -0.497 e. The van der Waals surface area contributed by atoms with E-state index in [4.69, 9.17) is 23.0 Å². The minimum atomic E-state index is -0.878. The molecule has 0 N–H and O–H groups in total. The highest BCUT2D eigenvalue weighted by molar-refractivity contribution is 5.88. The molecule has 0 amide bonds. The Balaban J connectivity index is 1.76. The van der Waals surface area contributed by atoms with Crippen molar-refractivity contribution < 1.29 is 27.8 Å². The van der Waals surface area contributed by atoms with Crippen LogP contribution < -0.4 is 20.3 Å². The Hall–Kier alpha value is -4.85. The average Bonchev–Trinajstić information content (AvgIpc) is 2.96. The third-order valence-corrected chi connectivity index (χ3v) is 6.59. The maximum absolute atomic E-state index is 13.6. The Bertz CT molecular complexity index is 1760. The van der Waals surface area contributed by atoms with Crippen molar-refractivity contribution in [2.75, 3.05) is 21.3 Å². The molecule has 0 aliphatic rings. The van der Waals surface area contributed by atoms with E-state index in [2.05, 4.69) is 0 Å². The van der Waals surface area contributed by atoms with Gasteiger partial charge < -0.3 is 23.0 Å². The van der Waals surface area contributed by atoms with Gasteiger partial charge in [-0.3, -0.25) is 14.4 Å². The quantitative estimate of drug-likeness (QED) is 0.271. The number of benzene rings is 3. The van der Waals surface area contributed by atoms with Crippen LogP contribution in [0.5, 0.6) is 11.5 Å². The standard InChI is InChI=1S/C30H24O8/c1-34-18-10-8-17(9-11-18)22-15-38-30-20(29(22)33)12-13-25(35-2)27(30)21(14-26(31)36-3)23-16-37-24-7-5-4-6-19(24)28(23)32/h4-13,15-16,21H,14H2,1-3H3/t21-/m1/s1. The van der Waals surface area contributed by atoms with Crippen molar-refractivity contribution in [2.24, 2.45) is 0 Å². The number of rotatable bonds is 7.